The molecule has 0 saturated carbocycles. The van der Waals surface area contributed by atoms with Gasteiger partial charge in [0.2, 0.25) is 0 Å². The van der Waals surface area contributed by atoms with Gasteiger partial charge in [-0.1, -0.05) is 42.5 Å². The third-order valence-electron chi connectivity index (χ3n) is 4.15. The minimum absolute atomic E-state index is 0. The number of hydrogen-bond donors (Lipinski definition) is 2. The molecule has 0 heterocycles. The lowest BCUT2D eigenvalue weighted by Gasteiger charge is -2.16. The third kappa shape index (κ3) is 8.17. The predicted molar refractivity (Wildman–Crippen MR) is 124 cm³/mol. The van der Waals surface area contributed by atoms with Crippen LogP contribution in [0.1, 0.15) is 16.7 Å². The maximum Gasteiger partial charge on any atom is 0.191 e. The topological polar surface area (TPSA) is 48.9 Å². The molecule has 0 bridgehead atoms. The van der Waals surface area contributed by atoms with Gasteiger partial charge in [0, 0.05) is 32.2 Å². The van der Waals surface area contributed by atoms with Gasteiger partial charge in [-0.25, -0.2) is 0 Å². The lowest BCUT2D eigenvalue weighted by molar-refractivity contribution is 0.259. The number of ether oxygens (including phenoxy) is 1. The molecule has 5 nitrogen and oxygen atoms in total. The van der Waals surface area contributed by atoms with E-state index in [1.54, 1.807) is 7.05 Å². The zero-order valence-electron chi connectivity index (χ0n) is 16.7. The van der Waals surface area contributed by atoms with E-state index in [4.69, 9.17) is 4.74 Å². The van der Waals surface area contributed by atoms with Crippen molar-refractivity contribution >= 4 is 29.9 Å². The highest BCUT2D eigenvalue weighted by Crippen LogP contribution is 2.17. The SMILES string of the molecule is CN=C(NCc1ccccc1C)NCc1ccccc1OCCN(C)C.I. The molecule has 0 unspecified atom stereocenters. The molecule has 0 aromatic heterocycles. The van der Waals surface area contributed by atoms with Crippen LogP contribution in [0.25, 0.3) is 0 Å². The number of para-hydroxylation sites is 1. The van der Waals surface area contributed by atoms with Crippen LogP contribution < -0.4 is 15.4 Å². The quantitative estimate of drug-likeness (QED) is 0.344. The Kier molecular flexibility index (Phi) is 10.8. The van der Waals surface area contributed by atoms with E-state index >= 15 is 0 Å². The number of aliphatic imine (C=N–C) groups is 1. The van der Waals surface area contributed by atoms with Gasteiger partial charge in [0.15, 0.2) is 5.96 Å². The van der Waals surface area contributed by atoms with Crippen molar-refractivity contribution in [1.82, 2.24) is 15.5 Å². The van der Waals surface area contributed by atoms with Crippen molar-refractivity contribution in [1.29, 1.82) is 0 Å². The number of hydrogen-bond acceptors (Lipinski definition) is 3. The van der Waals surface area contributed by atoms with Crippen LogP contribution in [-0.2, 0) is 13.1 Å². The molecule has 0 saturated heterocycles. The summed E-state index contributed by atoms with van der Waals surface area (Å²) in [6.45, 7) is 5.08. The van der Waals surface area contributed by atoms with Crippen molar-refractivity contribution in [3.05, 3.63) is 65.2 Å². The van der Waals surface area contributed by atoms with Gasteiger partial charge in [0.1, 0.15) is 12.4 Å². The summed E-state index contributed by atoms with van der Waals surface area (Å²) in [6, 6.07) is 16.5. The van der Waals surface area contributed by atoms with Crippen LogP contribution in [0, 0.1) is 6.92 Å². The van der Waals surface area contributed by atoms with Crippen LogP contribution in [0.4, 0.5) is 0 Å². The first-order valence-electron chi connectivity index (χ1n) is 8.94. The molecule has 0 fully saturated rings. The molecule has 0 spiro atoms. The fourth-order valence-electron chi connectivity index (χ4n) is 2.52. The number of nitrogens with zero attached hydrogens (tertiary/aromatic N) is 2. The molecule has 0 radical (unpaired) electrons. The van der Waals surface area contributed by atoms with Gasteiger partial charge in [0.25, 0.3) is 0 Å². The molecule has 2 N–H and O–H groups in total. The summed E-state index contributed by atoms with van der Waals surface area (Å²) in [5, 5.41) is 6.73. The minimum atomic E-state index is 0. The Morgan fingerprint density at radius 1 is 0.963 bits per heavy atom. The van der Waals surface area contributed by atoms with Gasteiger partial charge in [-0.15, -0.1) is 24.0 Å². The standard InChI is InChI=1S/C21H30N4O.HI/c1-17-9-5-6-10-18(17)15-23-21(22-2)24-16-19-11-7-8-12-20(19)26-14-13-25(3)4;/h5-12H,13-16H2,1-4H3,(H2,22,23,24);1H. The van der Waals surface area contributed by atoms with Gasteiger partial charge in [-0.05, 0) is 38.2 Å². The number of guanidine groups is 1. The van der Waals surface area contributed by atoms with E-state index < -0.39 is 0 Å². The Morgan fingerprint density at radius 2 is 1.56 bits per heavy atom. The van der Waals surface area contributed by atoms with Gasteiger partial charge in [-0.2, -0.15) is 0 Å². The second kappa shape index (κ2) is 12.6. The number of benzene rings is 2. The van der Waals surface area contributed by atoms with Gasteiger partial charge < -0.3 is 20.3 Å². The molecule has 0 amide bonds. The summed E-state index contributed by atoms with van der Waals surface area (Å²) in [4.78, 5) is 6.42. The Balaban J connectivity index is 0.00000364. The summed E-state index contributed by atoms with van der Waals surface area (Å²) >= 11 is 0. The van der Waals surface area contributed by atoms with Gasteiger partial charge in [0.05, 0.1) is 0 Å². The van der Waals surface area contributed by atoms with E-state index in [2.05, 4.69) is 57.8 Å². The first kappa shape index (κ1) is 23.2. The molecule has 6 heteroatoms. The smallest absolute Gasteiger partial charge is 0.191 e. The van der Waals surface area contributed by atoms with E-state index in [0.717, 1.165) is 30.4 Å². The van der Waals surface area contributed by atoms with Crippen molar-refractivity contribution in [3.8, 4) is 5.75 Å². The Morgan fingerprint density at radius 3 is 2.19 bits per heavy atom. The summed E-state index contributed by atoms with van der Waals surface area (Å²) in [6.07, 6.45) is 0. The lowest BCUT2D eigenvalue weighted by Crippen LogP contribution is -2.36. The fourth-order valence-corrected chi connectivity index (χ4v) is 2.52. The molecule has 2 rings (SSSR count). The van der Waals surface area contributed by atoms with Crippen LogP contribution in [-0.4, -0.2) is 45.2 Å². The fraction of sp³-hybridized carbons (Fsp3) is 0.381. The van der Waals surface area contributed by atoms with Crippen molar-refractivity contribution in [3.63, 3.8) is 0 Å². The van der Waals surface area contributed by atoms with Crippen molar-refractivity contribution in [2.24, 2.45) is 4.99 Å². The third-order valence-corrected chi connectivity index (χ3v) is 4.15. The molecule has 2 aromatic rings. The van der Waals surface area contributed by atoms with Crippen LogP contribution in [0.15, 0.2) is 53.5 Å². The molecule has 0 aliphatic heterocycles. The van der Waals surface area contributed by atoms with Crippen molar-refractivity contribution in [2.45, 2.75) is 20.0 Å². The Labute approximate surface area is 180 Å². The normalized spacial score (nSPS) is 11.1. The zero-order valence-corrected chi connectivity index (χ0v) is 19.0. The summed E-state index contributed by atoms with van der Waals surface area (Å²) < 4.78 is 5.92. The van der Waals surface area contributed by atoms with E-state index in [1.807, 2.05) is 32.3 Å². The molecule has 27 heavy (non-hydrogen) atoms. The number of halogens is 1. The van der Waals surface area contributed by atoms with Gasteiger partial charge in [-0.3, -0.25) is 4.99 Å². The molecule has 0 aliphatic carbocycles. The lowest BCUT2D eigenvalue weighted by atomic mass is 10.1. The van der Waals surface area contributed by atoms with E-state index in [9.17, 15) is 0 Å². The maximum absolute atomic E-state index is 5.92. The number of likely N-dealkylation sites (N-methyl/N-ethyl adjacent to an activating group) is 1. The van der Waals surface area contributed by atoms with E-state index in [1.165, 1.54) is 11.1 Å². The Hall–Kier alpha value is -1.80. The molecule has 0 aliphatic rings. The highest BCUT2D eigenvalue weighted by Gasteiger charge is 2.05. The maximum atomic E-state index is 5.92. The number of aryl methyl sites for hydroxylation is 1. The highest BCUT2D eigenvalue weighted by atomic mass is 127. The second-order valence-corrected chi connectivity index (χ2v) is 6.47. The van der Waals surface area contributed by atoms with Gasteiger partial charge >= 0.3 is 0 Å². The summed E-state index contributed by atoms with van der Waals surface area (Å²) in [5.74, 6) is 1.69. The van der Waals surface area contributed by atoms with Crippen molar-refractivity contribution in [2.75, 3.05) is 34.3 Å². The van der Waals surface area contributed by atoms with Crippen LogP contribution in [0.5, 0.6) is 5.75 Å². The van der Waals surface area contributed by atoms with Crippen LogP contribution >= 0.6 is 24.0 Å². The number of nitrogens with one attached hydrogen (secondary N) is 2. The van der Waals surface area contributed by atoms with Crippen LogP contribution in [0.3, 0.4) is 0 Å². The van der Waals surface area contributed by atoms with E-state index in [-0.39, 0.29) is 24.0 Å². The van der Waals surface area contributed by atoms with Crippen molar-refractivity contribution < 1.29 is 4.74 Å². The zero-order chi connectivity index (χ0) is 18.8. The molecule has 2 aromatic carbocycles. The monoisotopic (exact) mass is 482 g/mol. The number of rotatable bonds is 8. The summed E-state index contributed by atoms with van der Waals surface area (Å²) in [7, 11) is 5.87. The average molecular weight is 482 g/mol. The molecule has 0 atom stereocenters. The largest absolute Gasteiger partial charge is 0.492 e. The summed E-state index contributed by atoms with van der Waals surface area (Å²) in [5.41, 5.74) is 3.66. The minimum Gasteiger partial charge on any atom is -0.492 e. The van der Waals surface area contributed by atoms with Crippen LogP contribution in [0.2, 0.25) is 0 Å². The second-order valence-electron chi connectivity index (χ2n) is 6.47. The first-order chi connectivity index (χ1) is 12.6. The Bertz CT molecular complexity index is 719. The predicted octanol–water partition coefficient (Wildman–Crippen LogP) is 3.42. The first-order valence-corrected chi connectivity index (χ1v) is 8.94. The molecule has 148 valence electrons. The molecular weight excluding hydrogens is 451 g/mol. The highest BCUT2D eigenvalue weighted by molar-refractivity contribution is 14.0. The average Bonchev–Trinajstić information content (AvgIpc) is 2.64. The van der Waals surface area contributed by atoms with E-state index in [0.29, 0.717) is 13.2 Å². The molecular formula is C21H31IN4O.